The van der Waals surface area contributed by atoms with E-state index in [0.29, 0.717) is 24.2 Å². The minimum Gasteiger partial charge on any atom is -0.508 e. The summed E-state index contributed by atoms with van der Waals surface area (Å²) in [6.07, 6.45) is 12.0. The van der Waals surface area contributed by atoms with E-state index in [4.69, 9.17) is 4.74 Å². The maximum atomic E-state index is 11.5. The van der Waals surface area contributed by atoms with Gasteiger partial charge in [-0.1, -0.05) is 87.6 Å². The molecule has 0 saturated carbocycles. The number of rotatable bonds is 12. The van der Waals surface area contributed by atoms with E-state index in [1.54, 1.807) is 0 Å². The summed E-state index contributed by atoms with van der Waals surface area (Å²) >= 11 is 0. The molecule has 0 spiro atoms. The van der Waals surface area contributed by atoms with Gasteiger partial charge in [-0.3, -0.25) is 0 Å². The van der Waals surface area contributed by atoms with Crippen LogP contribution < -0.4 is 4.74 Å². The fourth-order valence-electron chi connectivity index (χ4n) is 6.07. The number of unbranched alkanes of at least 4 members (excludes halogenated alkanes) is 2. The Morgan fingerprint density at radius 3 is 2.23 bits per heavy atom. The van der Waals surface area contributed by atoms with E-state index in [0.717, 1.165) is 65.7 Å². The van der Waals surface area contributed by atoms with Gasteiger partial charge in [-0.05, 0) is 115 Å². The van der Waals surface area contributed by atoms with Crippen molar-refractivity contribution in [3.05, 3.63) is 93.1 Å². The minimum atomic E-state index is -1.17. The van der Waals surface area contributed by atoms with E-state index in [-0.39, 0.29) is 35.7 Å². The Hall–Kier alpha value is -4.19. The van der Waals surface area contributed by atoms with Gasteiger partial charge in [0.1, 0.15) is 34.2 Å². The summed E-state index contributed by atoms with van der Waals surface area (Å²) in [4.78, 5) is 11.5. The number of hydrogen-bond acceptors (Lipinski definition) is 5. The van der Waals surface area contributed by atoms with Crippen molar-refractivity contribution in [2.24, 2.45) is 0 Å². The van der Waals surface area contributed by atoms with Gasteiger partial charge in [0.25, 0.3) is 0 Å². The number of ether oxygens (including phenoxy) is 1. The van der Waals surface area contributed by atoms with E-state index in [9.17, 15) is 25.2 Å². The average Bonchev–Trinajstić information content (AvgIpc) is 2.96. The number of aromatic carboxylic acids is 1. The second-order valence-electron chi connectivity index (χ2n) is 13.5. The fourth-order valence-corrected chi connectivity index (χ4v) is 6.07. The molecule has 1 aliphatic heterocycles. The van der Waals surface area contributed by atoms with Crippen molar-refractivity contribution in [2.75, 3.05) is 0 Å². The zero-order valence-corrected chi connectivity index (χ0v) is 29.6. The van der Waals surface area contributed by atoms with Gasteiger partial charge < -0.3 is 25.2 Å². The van der Waals surface area contributed by atoms with Crippen LogP contribution in [-0.4, -0.2) is 26.4 Å². The highest BCUT2D eigenvalue weighted by Gasteiger charge is 2.34. The number of carboxylic acid groups (broad SMARTS) is 1. The van der Waals surface area contributed by atoms with E-state index < -0.39 is 5.97 Å². The first-order valence-electron chi connectivity index (χ1n) is 16.9. The van der Waals surface area contributed by atoms with E-state index in [1.807, 2.05) is 26.0 Å². The number of allylic oxidation sites excluding steroid dienone is 4. The highest BCUT2D eigenvalue weighted by molar-refractivity contribution is 5.93. The second kappa shape index (κ2) is 17.8. The van der Waals surface area contributed by atoms with Crippen LogP contribution in [0.25, 0.3) is 11.1 Å². The third-order valence-electron chi connectivity index (χ3n) is 8.61. The maximum Gasteiger partial charge on any atom is 0.339 e. The number of carboxylic acids is 1. The van der Waals surface area contributed by atoms with Crippen LogP contribution in [0.15, 0.2) is 59.7 Å². The highest BCUT2D eigenvalue weighted by atomic mass is 16.5. The molecule has 0 atom stereocenters. The summed E-state index contributed by atoms with van der Waals surface area (Å²) in [5.41, 5.74) is 8.07. The number of hydrogen-bond donors (Lipinski definition) is 4. The molecule has 4 N–H and O–H groups in total. The predicted octanol–water partition coefficient (Wildman–Crippen LogP) is 11.3. The number of benzene rings is 3. The van der Waals surface area contributed by atoms with Gasteiger partial charge in [0.15, 0.2) is 0 Å². The normalized spacial score (nSPS) is 12.8. The van der Waals surface area contributed by atoms with E-state index in [1.165, 1.54) is 30.0 Å². The monoisotopic (exact) mass is 658 g/mol. The molecule has 0 amide bonds. The molecular formula is C42H58O6. The Labute approximate surface area is 288 Å². The van der Waals surface area contributed by atoms with Crippen molar-refractivity contribution in [2.45, 2.75) is 126 Å². The lowest BCUT2D eigenvalue weighted by Crippen LogP contribution is -2.29. The smallest absolute Gasteiger partial charge is 0.339 e. The predicted molar refractivity (Wildman–Crippen MR) is 199 cm³/mol. The van der Waals surface area contributed by atoms with E-state index >= 15 is 0 Å². The number of phenols is 3. The lowest BCUT2D eigenvalue weighted by Gasteiger charge is -2.35. The molecule has 48 heavy (non-hydrogen) atoms. The quantitative estimate of drug-likeness (QED) is 0.114. The molecular weight excluding hydrogens is 600 g/mol. The van der Waals surface area contributed by atoms with Gasteiger partial charge in [0, 0.05) is 11.1 Å². The van der Waals surface area contributed by atoms with Gasteiger partial charge in [0.2, 0.25) is 0 Å². The number of carbonyl (C=O) groups is 1. The second-order valence-corrected chi connectivity index (χ2v) is 13.5. The molecule has 0 aliphatic carbocycles. The molecule has 262 valence electrons. The van der Waals surface area contributed by atoms with Crippen molar-refractivity contribution in [1.82, 2.24) is 0 Å². The zero-order valence-electron chi connectivity index (χ0n) is 29.6. The number of fused-ring (bicyclic) bond motifs is 3. The summed E-state index contributed by atoms with van der Waals surface area (Å²) in [7, 11) is 0. The first-order chi connectivity index (χ1) is 22.2. The van der Waals surface area contributed by atoms with Crippen molar-refractivity contribution in [1.29, 1.82) is 0 Å². The Bertz CT molecular complexity index is 1620. The molecule has 1 heterocycles. The number of aryl methyl sites for hydroxylation is 3. The number of phenolic OH excluding ortho intramolecular Hbond substituents is 2. The lowest BCUT2D eigenvalue weighted by atomic mass is 9.84. The van der Waals surface area contributed by atoms with Crippen molar-refractivity contribution < 1.29 is 30.0 Å². The molecule has 6 nitrogen and oxygen atoms in total. The van der Waals surface area contributed by atoms with Crippen LogP contribution >= 0.6 is 0 Å². The molecule has 0 fully saturated rings. The topological polar surface area (TPSA) is 107 Å². The van der Waals surface area contributed by atoms with Gasteiger partial charge in [-0.25, -0.2) is 4.79 Å². The summed E-state index contributed by atoms with van der Waals surface area (Å²) in [5, 5.41) is 40.5. The van der Waals surface area contributed by atoms with Gasteiger partial charge in [-0.15, -0.1) is 0 Å². The Balaban J connectivity index is 0.000000327. The van der Waals surface area contributed by atoms with E-state index in [2.05, 4.69) is 71.9 Å². The molecule has 3 aromatic rings. The minimum absolute atomic E-state index is 0. The first-order valence-corrected chi connectivity index (χ1v) is 16.9. The Kier molecular flexibility index (Phi) is 14.8. The van der Waals surface area contributed by atoms with Gasteiger partial charge in [-0.2, -0.15) is 0 Å². The SMILES string of the molecule is C.CCCCCc1cc(O)c2c(c1)OC(C)(C)c1ccc(C)cc1-2.CCCc1cc(O)c(C/C=C(\C)CCC=C(C)C)c(O)c1C(=O)O. The van der Waals surface area contributed by atoms with Gasteiger partial charge >= 0.3 is 5.97 Å². The zero-order chi connectivity index (χ0) is 34.9. The molecule has 0 saturated heterocycles. The molecule has 3 aromatic carbocycles. The fraction of sp³-hybridized carbons (Fsp3) is 0.452. The number of aromatic hydroxyl groups is 3. The summed E-state index contributed by atoms with van der Waals surface area (Å²) in [6.45, 7) is 16.5. The van der Waals surface area contributed by atoms with Crippen molar-refractivity contribution in [3.63, 3.8) is 0 Å². The molecule has 1 aliphatic rings. The molecule has 0 radical (unpaired) electrons. The van der Waals surface area contributed by atoms with Crippen LogP contribution in [0.3, 0.4) is 0 Å². The average molecular weight is 659 g/mol. The molecule has 0 aromatic heterocycles. The first kappa shape index (κ1) is 40.0. The van der Waals surface area contributed by atoms with Gasteiger partial charge in [0.05, 0.1) is 5.56 Å². The molecule has 4 rings (SSSR count). The van der Waals surface area contributed by atoms with Crippen LogP contribution in [0.2, 0.25) is 0 Å². The van der Waals surface area contributed by atoms with Crippen LogP contribution in [0.1, 0.15) is 133 Å². The largest absolute Gasteiger partial charge is 0.508 e. The van der Waals surface area contributed by atoms with Crippen LogP contribution in [0, 0.1) is 6.92 Å². The highest BCUT2D eigenvalue weighted by Crippen LogP contribution is 2.49. The molecule has 6 heteroatoms. The summed E-state index contributed by atoms with van der Waals surface area (Å²) in [5.74, 6) is -0.397. The summed E-state index contributed by atoms with van der Waals surface area (Å²) in [6, 6.07) is 11.8. The maximum absolute atomic E-state index is 11.5. The summed E-state index contributed by atoms with van der Waals surface area (Å²) < 4.78 is 6.25. The van der Waals surface area contributed by atoms with Crippen molar-refractivity contribution in [3.8, 4) is 34.1 Å². The Morgan fingerprint density at radius 1 is 0.896 bits per heavy atom. The lowest BCUT2D eigenvalue weighted by molar-refractivity contribution is 0.0692. The third-order valence-corrected chi connectivity index (χ3v) is 8.61. The molecule has 0 bridgehead atoms. The van der Waals surface area contributed by atoms with Crippen LogP contribution in [-0.2, 0) is 24.9 Å². The van der Waals surface area contributed by atoms with Crippen molar-refractivity contribution >= 4 is 5.97 Å². The third kappa shape index (κ3) is 10.2. The van der Waals surface area contributed by atoms with Crippen LogP contribution in [0.5, 0.6) is 23.0 Å². The standard InChI is InChI=1S/C21H26O2.C20H28O4.CH4/c1-5-6-7-8-15-12-18(22)20-16-11-14(2)9-10-17(16)21(3,4)23-19(20)13-15;1-5-7-15-12-17(21)16(19(22)18(15)20(23)24)11-10-14(4)9-6-8-13(2)3;/h9-13,22H,5-8H2,1-4H3;8,10,12,21-22H,5-7,9,11H2,1-4H3,(H,23,24);1H4/b;14-10+;. The Morgan fingerprint density at radius 2 is 1.60 bits per heavy atom. The van der Waals surface area contributed by atoms with Crippen LogP contribution in [0.4, 0.5) is 0 Å². The molecule has 0 unspecified atom stereocenters.